The van der Waals surface area contributed by atoms with E-state index in [2.05, 4.69) is 33.9 Å². The first-order chi connectivity index (χ1) is 15.8. The van der Waals surface area contributed by atoms with Crippen molar-refractivity contribution in [2.24, 2.45) is 0 Å². The molecular weight excluding hydrogens is 437 g/mol. The van der Waals surface area contributed by atoms with Gasteiger partial charge >= 0.3 is 6.18 Å². The van der Waals surface area contributed by atoms with Gasteiger partial charge < -0.3 is 10.2 Å². The number of halogens is 3. The number of rotatable bonds is 11. The Bertz CT molecular complexity index is 1120. The lowest BCUT2D eigenvalue weighted by atomic mass is 10.2. The second-order valence-corrected chi connectivity index (χ2v) is 7.54. The van der Waals surface area contributed by atoms with Crippen LogP contribution in [0, 0.1) is 0 Å². The molecule has 0 saturated carbocycles. The highest BCUT2D eigenvalue weighted by Gasteiger charge is 2.31. The predicted molar refractivity (Wildman–Crippen MR) is 120 cm³/mol. The second-order valence-electron chi connectivity index (χ2n) is 7.54. The molecule has 1 unspecified atom stereocenters. The van der Waals surface area contributed by atoms with Crippen LogP contribution in [0.25, 0.3) is 34.6 Å². The number of aromatic nitrogens is 5. The van der Waals surface area contributed by atoms with Crippen LogP contribution in [-0.2, 0) is 6.54 Å². The van der Waals surface area contributed by atoms with Crippen molar-refractivity contribution in [1.29, 1.82) is 0 Å². The predicted octanol–water partition coefficient (Wildman–Crippen LogP) is 4.65. The number of pyridine rings is 1. The molecule has 8 nitrogen and oxygen atoms in total. The lowest BCUT2D eigenvalue weighted by Gasteiger charge is -2.13. The summed E-state index contributed by atoms with van der Waals surface area (Å²) >= 11 is 0. The van der Waals surface area contributed by atoms with Gasteiger partial charge in [-0.15, -0.1) is 0 Å². The number of hydrogen-bond acceptors (Lipinski definition) is 6. The number of fused-ring (bicyclic) bond motifs is 1. The smallest absolute Gasteiger partial charge is 0.408 e. The van der Waals surface area contributed by atoms with Crippen molar-refractivity contribution in [2.45, 2.75) is 51.6 Å². The van der Waals surface area contributed by atoms with E-state index in [0.717, 1.165) is 36.6 Å². The molecule has 1 atom stereocenters. The van der Waals surface area contributed by atoms with E-state index < -0.39 is 18.9 Å². The molecule has 0 fully saturated rings. The van der Waals surface area contributed by atoms with Crippen molar-refractivity contribution in [2.75, 3.05) is 6.54 Å². The molecule has 178 valence electrons. The highest BCUT2D eigenvalue weighted by molar-refractivity contribution is 5.92. The molecule has 3 aromatic heterocycles. The minimum absolute atomic E-state index is 0.167. The van der Waals surface area contributed by atoms with Crippen LogP contribution in [0.1, 0.15) is 50.4 Å². The summed E-state index contributed by atoms with van der Waals surface area (Å²) in [6, 6.07) is 1.40. The summed E-state index contributed by atoms with van der Waals surface area (Å²) in [4.78, 5) is 8.42. The van der Waals surface area contributed by atoms with Gasteiger partial charge in [0.2, 0.25) is 0 Å². The van der Waals surface area contributed by atoms with Crippen molar-refractivity contribution in [3.63, 3.8) is 0 Å². The Balaban J connectivity index is 2.02. The van der Waals surface area contributed by atoms with Gasteiger partial charge in [0.25, 0.3) is 0 Å². The van der Waals surface area contributed by atoms with Gasteiger partial charge in [-0.3, -0.25) is 19.5 Å². The SMILES string of the molecule is C=Cc1ncc(-c2nn(CC(F)(F)F)c3cc(C(O)NCCCCCC)ncc23)n1/C=C/O. The third kappa shape index (κ3) is 5.79. The molecule has 3 rings (SSSR count). The molecule has 3 N–H and O–H groups in total. The maximum absolute atomic E-state index is 13.3. The van der Waals surface area contributed by atoms with Crippen molar-refractivity contribution < 1.29 is 23.4 Å². The maximum Gasteiger partial charge on any atom is 0.408 e. The molecule has 0 amide bonds. The number of aliphatic hydroxyl groups excluding tert-OH is 2. The Morgan fingerprint density at radius 2 is 2.00 bits per heavy atom. The molecule has 0 spiro atoms. The first-order valence-corrected chi connectivity index (χ1v) is 10.6. The number of hydrogen-bond donors (Lipinski definition) is 3. The summed E-state index contributed by atoms with van der Waals surface area (Å²) in [5.74, 6) is 0.376. The number of nitrogens with one attached hydrogen (secondary N) is 1. The zero-order chi connectivity index (χ0) is 24.0. The minimum Gasteiger partial charge on any atom is -0.514 e. The molecule has 0 aliphatic rings. The average molecular weight is 464 g/mol. The van der Waals surface area contributed by atoms with E-state index in [4.69, 9.17) is 0 Å². The lowest BCUT2D eigenvalue weighted by molar-refractivity contribution is -0.141. The highest BCUT2D eigenvalue weighted by Crippen LogP contribution is 2.31. The first-order valence-electron chi connectivity index (χ1n) is 10.6. The summed E-state index contributed by atoms with van der Waals surface area (Å²) < 4.78 is 42.0. The maximum atomic E-state index is 13.3. The Morgan fingerprint density at radius 3 is 2.67 bits per heavy atom. The fourth-order valence-electron chi connectivity index (χ4n) is 3.53. The van der Waals surface area contributed by atoms with Gasteiger partial charge in [-0.25, -0.2) is 4.98 Å². The van der Waals surface area contributed by atoms with Gasteiger partial charge in [0.1, 0.15) is 24.3 Å². The van der Waals surface area contributed by atoms with Crippen molar-refractivity contribution >= 4 is 23.2 Å². The Kier molecular flexibility index (Phi) is 7.88. The fourth-order valence-corrected chi connectivity index (χ4v) is 3.53. The molecule has 3 aromatic rings. The zero-order valence-corrected chi connectivity index (χ0v) is 18.3. The molecule has 0 aliphatic heterocycles. The first kappa shape index (κ1) is 24.5. The Hall–Kier alpha value is -3.18. The van der Waals surface area contributed by atoms with Crippen LogP contribution in [-0.4, -0.2) is 47.2 Å². The number of alkyl halides is 3. The largest absolute Gasteiger partial charge is 0.514 e. The van der Waals surface area contributed by atoms with Crippen molar-refractivity contribution in [3.8, 4) is 11.4 Å². The van der Waals surface area contributed by atoms with E-state index in [0.29, 0.717) is 23.4 Å². The summed E-state index contributed by atoms with van der Waals surface area (Å²) in [5.41, 5.74) is 0.919. The normalized spacial score (nSPS) is 13.2. The number of aliphatic hydroxyl groups is 2. The van der Waals surface area contributed by atoms with Crippen molar-refractivity contribution in [3.05, 3.63) is 42.8 Å². The van der Waals surface area contributed by atoms with Crippen LogP contribution in [0.2, 0.25) is 0 Å². The number of imidazole rings is 1. The minimum atomic E-state index is -4.51. The van der Waals surface area contributed by atoms with Crippen LogP contribution in [0.4, 0.5) is 13.2 Å². The van der Waals surface area contributed by atoms with Gasteiger partial charge in [0.15, 0.2) is 0 Å². The third-order valence-electron chi connectivity index (χ3n) is 5.10. The summed E-state index contributed by atoms with van der Waals surface area (Å²) in [5, 5.41) is 27.1. The van der Waals surface area contributed by atoms with E-state index in [1.165, 1.54) is 35.3 Å². The van der Waals surface area contributed by atoms with E-state index in [-0.39, 0.29) is 16.9 Å². The standard InChI is InChI=1S/C22H27F3N6O2/c1-3-5-6-7-8-26-21(33)16-11-17-15(12-27-16)20(29-31(17)14-22(23,24)25)18-13-28-19(4-2)30(18)9-10-32/h4,9-13,21,26,32-33H,2-3,5-8,14H2,1H3/b10-9+. The van der Waals surface area contributed by atoms with Crippen molar-refractivity contribution in [1.82, 2.24) is 29.6 Å². The Morgan fingerprint density at radius 1 is 1.21 bits per heavy atom. The van der Waals surface area contributed by atoms with Crippen LogP contribution in [0.5, 0.6) is 0 Å². The van der Waals surface area contributed by atoms with Crippen LogP contribution < -0.4 is 5.32 Å². The molecule has 33 heavy (non-hydrogen) atoms. The Labute approximate surface area is 189 Å². The molecule has 11 heteroatoms. The summed E-state index contributed by atoms with van der Waals surface area (Å²) in [6.45, 7) is 5.00. The monoisotopic (exact) mass is 464 g/mol. The number of nitrogens with zero attached hydrogens (tertiary/aromatic N) is 5. The van der Waals surface area contributed by atoms with Gasteiger partial charge in [0, 0.05) is 17.8 Å². The molecule has 0 aliphatic carbocycles. The van der Waals surface area contributed by atoms with E-state index in [1.54, 1.807) is 0 Å². The van der Waals surface area contributed by atoms with E-state index >= 15 is 0 Å². The van der Waals surface area contributed by atoms with E-state index in [9.17, 15) is 23.4 Å². The molecule has 0 radical (unpaired) electrons. The van der Waals surface area contributed by atoms with Crippen LogP contribution in [0.15, 0.2) is 31.3 Å². The quantitative estimate of drug-likeness (QED) is 0.217. The molecular formula is C22H27F3N6O2. The van der Waals surface area contributed by atoms with Crippen LogP contribution >= 0.6 is 0 Å². The summed E-state index contributed by atoms with van der Waals surface area (Å²) in [6.07, 6.45) is 4.78. The van der Waals surface area contributed by atoms with Gasteiger partial charge in [0.05, 0.1) is 29.4 Å². The van der Waals surface area contributed by atoms with Gasteiger partial charge in [-0.1, -0.05) is 32.8 Å². The van der Waals surface area contributed by atoms with Gasteiger partial charge in [-0.05, 0) is 25.1 Å². The van der Waals surface area contributed by atoms with Crippen LogP contribution in [0.3, 0.4) is 0 Å². The zero-order valence-electron chi connectivity index (χ0n) is 18.3. The van der Waals surface area contributed by atoms with E-state index in [1.807, 2.05) is 0 Å². The van der Waals surface area contributed by atoms with Gasteiger partial charge in [-0.2, -0.15) is 18.3 Å². The topological polar surface area (TPSA) is 101 Å². The summed E-state index contributed by atoms with van der Waals surface area (Å²) in [7, 11) is 0. The third-order valence-corrected chi connectivity index (χ3v) is 5.10. The highest BCUT2D eigenvalue weighted by atomic mass is 19.4. The lowest BCUT2D eigenvalue weighted by Crippen LogP contribution is -2.23. The molecule has 3 heterocycles. The average Bonchev–Trinajstić information content (AvgIpc) is 3.33. The fraction of sp³-hybridized carbons (Fsp3) is 0.409. The molecule has 0 aromatic carbocycles. The molecule has 0 saturated heterocycles. The second kappa shape index (κ2) is 10.6. The number of unbranched alkanes of at least 4 members (excludes halogenated alkanes) is 3. The molecule has 0 bridgehead atoms.